The van der Waals surface area contributed by atoms with Gasteiger partial charge in [0.1, 0.15) is 11.6 Å². The summed E-state index contributed by atoms with van der Waals surface area (Å²) in [7, 11) is -3.62. The summed E-state index contributed by atoms with van der Waals surface area (Å²) in [5.74, 6) is -1.60. The molecule has 1 rings (SSSR count). The van der Waals surface area contributed by atoms with E-state index in [2.05, 4.69) is 0 Å². The molecule has 0 spiro atoms. The Kier molecular flexibility index (Phi) is 5.11. The van der Waals surface area contributed by atoms with Crippen molar-refractivity contribution in [1.82, 2.24) is 0 Å². The topological polar surface area (TPSA) is 72.2 Å². The van der Waals surface area contributed by atoms with E-state index in [1.165, 1.54) is 0 Å². The van der Waals surface area contributed by atoms with Gasteiger partial charge in [-0.25, -0.2) is 17.2 Å². The largest absolute Gasteiger partial charge is 0.326 e. The van der Waals surface area contributed by atoms with Crippen LogP contribution in [0.25, 0.3) is 0 Å². The average molecular weight is 273 g/mol. The number of nitrogens with one attached hydrogen (secondary N) is 1. The van der Waals surface area contributed by atoms with Crippen molar-refractivity contribution < 1.29 is 17.2 Å². The fourth-order valence-corrected chi connectivity index (χ4v) is 1.58. The van der Waals surface area contributed by atoms with Gasteiger partial charge in [0.25, 0.3) is 0 Å². The summed E-state index contributed by atoms with van der Waals surface area (Å²) in [6, 6.07) is 1.63. The van der Waals surface area contributed by atoms with Gasteiger partial charge in [-0.1, -0.05) is 0 Å². The van der Waals surface area contributed by atoms with Crippen LogP contribution in [0.5, 0.6) is 0 Å². The number of benzene rings is 1. The summed E-state index contributed by atoms with van der Waals surface area (Å²) < 4.78 is 49.8. The Bertz CT molecular complexity index is 479. The van der Waals surface area contributed by atoms with Crippen LogP contribution in [0.1, 0.15) is 5.56 Å². The van der Waals surface area contributed by atoms with Gasteiger partial charge < -0.3 is 5.73 Å². The van der Waals surface area contributed by atoms with E-state index < -0.39 is 27.3 Å². The molecule has 0 heterocycles. The van der Waals surface area contributed by atoms with Crippen molar-refractivity contribution in [3.8, 4) is 0 Å². The molecule has 0 unspecified atom stereocenters. The Hall–Kier alpha value is -0.920. The van der Waals surface area contributed by atoms with Gasteiger partial charge in [0.05, 0.1) is 11.9 Å². The second-order valence-electron chi connectivity index (χ2n) is 3.00. The number of sulfonamides is 1. The maximum absolute atomic E-state index is 13.2. The molecule has 0 saturated heterocycles. The Balaban J connectivity index is 0.00000225. The zero-order valence-electron chi connectivity index (χ0n) is 8.33. The third kappa shape index (κ3) is 3.92. The van der Waals surface area contributed by atoms with Gasteiger partial charge in [0, 0.05) is 18.2 Å². The number of hydrogen-bond donors (Lipinski definition) is 2. The molecule has 0 atom stereocenters. The van der Waals surface area contributed by atoms with Crippen molar-refractivity contribution in [2.75, 3.05) is 11.0 Å². The Morgan fingerprint density at radius 2 is 1.88 bits per heavy atom. The van der Waals surface area contributed by atoms with E-state index in [4.69, 9.17) is 5.73 Å². The minimum absolute atomic E-state index is 0. The van der Waals surface area contributed by atoms with Crippen molar-refractivity contribution in [3.05, 3.63) is 29.3 Å². The average Bonchev–Trinajstić information content (AvgIpc) is 2.08. The molecule has 4 nitrogen and oxygen atoms in total. The zero-order chi connectivity index (χ0) is 11.6. The Morgan fingerprint density at radius 3 is 2.31 bits per heavy atom. The van der Waals surface area contributed by atoms with Crippen molar-refractivity contribution in [2.45, 2.75) is 6.54 Å². The summed E-state index contributed by atoms with van der Waals surface area (Å²) >= 11 is 0. The highest BCUT2D eigenvalue weighted by Crippen LogP contribution is 2.19. The molecule has 0 aliphatic rings. The van der Waals surface area contributed by atoms with Gasteiger partial charge >= 0.3 is 0 Å². The molecule has 0 fully saturated rings. The van der Waals surface area contributed by atoms with E-state index in [0.29, 0.717) is 0 Å². The predicted octanol–water partition coefficient (Wildman–Crippen LogP) is 1.22. The minimum atomic E-state index is -3.62. The van der Waals surface area contributed by atoms with Gasteiger partial charge in [-0.3, -0.25) is 4.72 Å². The van der Waals surface area contributed by atoms with E-state index >= 15 is 0 Å². The molecule has 0 aliphatic carbocycles. The van der Waals surface area contributed by atoms with Crippen molar-refractivity contribution >= 4 is 28.1 Å². The maximum atomic E-state index is 13.2. The lowest BCUT2D eigenvalue weighted by molar-refractivity contribution is 0.587. The SMILES string of the molecule is CS(=O)(=O)Nc1cc(F)c(CN)cc1F.Cl. The molecule has 0 aromatic heterocycles. The Morgan fingerprint density at radius 1 is 1.31 bits per heavy atom. The van der Waals surface area contributed by atoms with Crippen LogP contribution < -0.4 is 10.5 Å². The number of rotatable bonds is 3. The molecule has 0 aliphatic heterocycles. The van der Waals surface area contributed by atoms with Gasteiger partial charge in [-0.15, -0.1) is 12.4 Å². The standard InChI is InChI=1S/C8H10F2N2O2S.ClH/c1-15(13,14)12-8-3-6(9)5(4-11)2-7(8)10;/h2-3,12H,4,11H2,1H3;1H. The van der Waals surface area contributed by atoms with E-state index in [9.17, 15) is 17.2 Å². The molecule has 16 heavy (non-hydrogen) atoms. The van der Waals surface area contributed by atoms with E-state index in [-0.39, 0.29) is 24.5 Å². The molecular formula is C8H11ClF2N2O2S. The lowest BCUT2D eigenvalue weighted by Gasteiger charge is -2.07. The van der Waals surface area contributed by atoms with Crippen LogP contribution in [0.3, 0.4) is 0 Å². The fraction of sp³-hybridized carbons (Fsp3) is 0.250. The monoisotopic (exact) mass is 272 g/mol. The first-order valence-electron chi connectivity index (χ1n) is 3.99. The number of anilines is 1. The van der Waals surface area contributed by atoms with Crippen molar-refractivity contribution in [3.63, 3.8) is 0 Å². The van der Waals surface area contributed by atoms with E-state index in [1.807, 2.05) is 4.72 Å². The second kappa shape index (κ2) is 5.42. The van der Waals surface area contributed by atoms with Crippen molar-refractivity contribution in [2.24, 2.45) is 5.73 Å². The fourth-order valence-electron chi connectivity index (χ4n) is 1.02. The predicted molar refractivity (Wildman–Crippen MR) is 60.0 cm³/mol. The lowest BCUT2D eigenvalue weighted by Crippen LogP contribution is -2.12. The molecule has 8 heteroatoms. The first kappa shape index (κ1) is 15.1. The minimum Gasteiger partial charge on any atom is -0.326 e. The molecule has 3 N–H and O–H groups in total. The second-order valence-corrected chi connectivity index (χ2v) is 4.75. The summed E-state index contributed by atoms with van der Waals surface area (Å²) in [6.45, 7) is -0.151. The van der Waals surface area contributed by atoms with Crippen LogP contribution in [-0.2, 0) is 16.6 Å². The molecule has 0 radical (unpaired) electrons. The third-order valence-corrected chi connectivity index (χ3v) is 2.24. The van der Waals surface area contributed by atoms with E-state index in [0.717, 1.165) is 18.4 Å². The lowest BCUT2D eigenvalue weighted by atomic mass is 10.2. The quantitative estimate of drug-likeness (QED) is 0.869. The van der Waals surface area contributed by atoms with Crippen molar-refractivity contribution in [1.29, 1.82) is 0 Å². The summed E-state index contributed by atoms with van der Waals surface area (Å²) in [5.41, 5.74) is 4.72. The van der Waals surface area contributed by atoms with Crippen LogP contribution in [0.4, 0.5) is 14.5 Å². The Labute approximate surface area is 98.3 Å². The summed E-state index contributed by atoms with van der Waals surface area (Å²) in [5, 5.41) is 0. The molecular weight excluding hydrogens is 262 g/mol. The molecule has 0 amide bonds. The van der Waals surface area contributed by atoms with E-state index in [1.54, 1.807) is 0 Å². The normalized spacial score (nSPS) is 10.8. The van der Waals surface area contributed by atoms with Crippen LogP contribution in [0, 0.1) is 11.6 Å². The van der Waals surface area contributed by atoms with Gasteiger partial charge in [0.2, 0.25) is 10.0 Å². The molecule has 0 bridgehead atoms. The number of nitrogens with two attached hydrogens (primary N) is 1. The zero-order valence-corrected chi connectivity index (χ0v) is 9.96. The number of hydrogen-bond acceptors (Lipinski definition) is 3. The van der Waals surface area contributed by atoms with Gasteiger partial charge in [-0.2, -0.15) is 0 Å². The maximum Gasteiger partial charge on any atom is 0.229 e. The van der Waals surface area contributed by atoms with Crippen LogP contribution in [0.15, 0.2) is 12.1 Å². The number of halogens is 3. The van der Waals surface area contributed by atoms with Crippen LogP contribution in [-0.4, -0.2) is 14.7 Å². The molecule has 0 saturated carbocycles. The summed E-state index contributed by atoms with van der Waals surface area (Å²) in [6.07, 6.45) is 0.848. The summed E-state index contributed by atoms with van der Waals surface area (Å²) in [4.78, 5) is 0. The van der Waals surface area contributed by atoms with Gasteiger partial charge in [-0.05, 0) is 6.07 Å². The molecule has 1 aromatic carbocycles. The van der Waals surface area contributed by atoms with Crippen LogP contribution >= 0.6 is 12.4 Å². The highest BCUT2D eigenvalue weighted by molar-refractivity contribution is 7.92. The van der Waals surface area contributed by atoms with Gasteiger partial charge in [0.15, 0.2) is 0 Å². The van der Waals surface area contributed by atoms with Crippen LogP contribution in [0.2, 0.25) is 0 Å². The molecule has 1 aromatic rings. The smallest absolute Gasteiger partial charge is 0.229 e. The molecule has 92 valence electrons. The highest BCUT2D eigenvalue weighted by Gasteiger charge is 2.11. The first-order chi connectivity index (χ1) is 6.83. The highest BCUT2D eigenvalue weighted by atomic mass is 35.5. The third-order valence-electron chi connectivity index (χ3n) is 1.65. The first-order valence-corrected chi connectivity index (χ1v) is 5.88.